The highest BCUT2D eigenvalue weighted by atomic mass is 35.5. The number of aromatic nitrogens is 1. The van der Waals surface area contributed by atoms with Crippen LogP contribution in [-0.4, -0.2) is 22.6 Å². The van der Waals surface area contributed by atoms with Crippen molar-refractivity contribution in [2.24, 2.45) is 10.2 Å². The normalized spacial score (nSPS) is 11.7. The lowest BCUT2D eigenvalue weighted by Crippen LogP contribution is -2.21. The lowest BCUT2D eigenvalue weighted by molar-refractivity contribution is 0.402. The van der Waals surface area contributed by atoms with E-state index in [0.29, 0.717) is 6.42 Å². The summed E-state index contributed by atoms with van der Waals surface area (Å²) in [6.45, 7) is 3.39. The summed E-state index contributed by atoms with van der Waals surface area (Å²) < 4.78 is 32.6. The van der Waals surface area contributed by atoms with E-state index in [1.54, 1.807) is 6.92 Å². The first kappa shape index (κ1) is 20.6. The van der Waals surface area contributed by atoms with Crippen LogP contribution in [-0.2, 0) is 16.7 Å². The lowest BCUT2D eigenvalue weighted by Gasteiger charge is -2.12. The number of hydrogen-bond acceptors (Lipinski definition) is 7. The number of nitriles is 1. The van der Waals surface area contributed by atoms with Gasteiger partial charge in [0.2, 0.25) is 5.88 Å². The van der Waals surface area contributed by atoms with Crippen LogP contribution in [0.4, 0.5) is 11.4 Å². The van der Waals surface area contributed by atoms with E-state index in [2.05, 4.69) is 10.2 Å². The zero-order valence-electron chi connectivity index (χ0n) is 14.3. The highest BCUT2D eigenvalue weighted by Crippen LogP contribution is 2.31. The average molecular weight is 411 g/mol. The van der Waals surface area contributed by atoms with Crippen LogP contribution in [0.5, 0.6) is 5.88 Å². The average Bonchev–Trinajstić information content (AvgIpc) is 2.59. The summed E-state index contributed by atoms with van der Waals surface area (Å²) in [4.78, 5) is 12.1. The van der Waals surface area contributed by atoms with Gasteiger partial charge in [-0.25, -0.2) is 0 Å². The summed E-state index contributed by atoms with van der Waals surface area (Å²) in [6.07, 6.45) is 0.528. The van der Waals surface area contributed by atoms with Crippen molar-refractivity contribution in [1.29, 1.82) is 5.26 Å². The fourth-order valence-corrected chi connectivity index (χ4v) is 2.98. The SMILES string of the molecule is CCCn1c(O)c(C#N)c(C)c(N=Nc2cc(S(=O)(=O)O)ccc2Cl)c1=O. The Hall–Kier alpha value is -2.74. The predicted molar refractivity (Wildman–Crippen MR) is 97.6 cm³/mol. The van der Waals surface area contributed by atoms with Crippen LogP contribution in [0.3, 0.4) is 0 Å². The maximum Gasteiger partial charge on any atom is 0.294 e. The van der Waals surface area contributed by atoms with Crippen molar-refractivity contribution < 1.29 is 18.1 Å². The number of azo groups is 1. The van der Waals surface area contributed by atoms with E-state index in [0.717, 1.165) is 16.7 Å². The third kappa shape index (κ3) is 4.16. The molecule has 0 fully saturated rings. The topological polar surface area (TPSA) is 145 Å². The van der Waals surface area contributed by atoms with Gasteiger partial charge in [0.15, 0.2) is 5.69 Å². The minimum absolute atomic E-state index is 0.0389. The Balaban J connectivity index is 2.67. The van der Waals surface area contributed by atoms with Crippen molar-refractivity contribution in [2.75, 3.05) is 0 Å². The summed E-state index contributed by atoms with van der Waals surface area (Å²) >= 11 is 5.95. The molecule has 2 aromatic rings. The van der Waals surface area contributed by atoms with Gasteiger partial charge in [0.1, 0.15) is 17.3 Å². The van der Waals surface area contributed by atoms with Crippen LogP contribution in [0.15, 0.2) is 38.1 Å². The summed E-state index contributed by atoms with van der Waals surface area (Å²) in [7, 11) is -4.47. The molecule has 2 rings (SSSR count). The second-order valence-electron chi connectivity index (χ2n) is 5.53. The van der Waals surface area contributed by atoms with Gasteiger partial charge in [-0.3, -0.25) is 13.9 Å². The van der Waals surface area contributed by atoms with Crippen LogP contribution in [0.2, 0.25) is 5.02 Å². The van der Waals surface area contributed by atoms with Crippen LogP contribution >= 0.6 is 11.6 Å². The molecule has 142 valence electrons. The van der Waals surface area contributed by atoms with E-state index < -0.39 is 26.5 Å². The highest BCUT2D eigenvalue weighted by Gasteiger charge is 2.19. The predicted octanol–water partition coefficient (Wildman–Crippen LogP) is 3.46. The molecule has 9 nitrogen and oxygen atoms in total. The summed E-state index contributed by atoms with van der Waals surface area (Å²) in [6, 6.07) is 5.11. The monoisotopic (exact) mass is 410 g/mol. The molecule has 1 heterocycles. The molecule has 1 aromatic carbocycles. The fourth-order valence-electron chi connectivity index (χ4n) is 2.32. The van der Waals surface area contributed by atoms with E-state index in [4.69, 9.17) is 16.2 Å². The molecular weight excluding hydrogens is 396 g/mol. The molecule has 0 saturated carbocycles. The van der Waals surface area contributed by atoms with E-state index >= 15 is 0 Å². The number of rotatable bonds is 5. The van der Waals surface area contributed by atoms with E-state index in [1.165, 1.54) is 13.0 Å². The highest BCUT2D eigenvalue weighted by molar-refractivity contribution is 7.85. The van der Waals surface area contributed by atoms with Gasteiger partial charge in [0.25, 0.3) is 15.7 Å². The molecule has 2 N–H and O–H groups in total. The molecule has 0 aliphatic rings. The molecule has 27 heavy (non-hydrogen) atoms. The van der Waals surface area contributed by atoms with Crippen molar-refractivity contribution >= 4 is 33.1 Å². The van der Waals surface area contributed by atoms with Crippen LogP contribution in [0, 0.1) is 18.3 Å². The first-order valence-electron chi connectivity index (χ1n) is 7.67. The Bertz CT molecular complexity index is 1130. The van der Waals surface area contributed by atoms with Gasteiger partial charge in [-0.15, -0.1) is 10.2 Å². The number of benzene rings is 1. The van der Waals surface area contributed by atoms with Gasteiger partial charge in [-0.05, 0) is 31.5 Å². The Morgan fingerprint density at radius 2 is 2.00 bits per heavy atom. The molecule has 0 unspecified atom stereocenters. The Kier molecular flexibility index (Phi) is 6.00. The second-order valence-corrected chi connectivity index (χ2v) is 7.36. The molecule has 11 heteroatoms. The van der Waals surface area contributed by atoms with Gasteiger partial charge in [0.05, 0.1) is 9.92 Å². The number of aromatic hydroxyl groups is 1. The number of hydrogen-bond donors (Lipinski definition) is 2. The molecule has 0 aliphatic carbocycles. The molecule has 0 aliphatic heterocycles. The van der Waals surface area contributed by atoms with Gasteiger partial charge in [-0.1, -0.05) is 18.5 Å². The first-order valence-corrected chi connectivity index (χ1v) is 9.48. The number of pyridine rings is 1. The third-order valence-corrected chi connectivity index (χ3v) is 4.86. The second kappa shape index (κ2) is 7.87. The molecule has 0 bridgehead atoms. The van der Waals surface area contributed by atoms with Crippen LogP contribution < -0.4 is 5.56 Å². The molecule has 0 spiro atoms. The molecule has 0 atom stereocenters. The molecule has 0 saturated heterocycles. The molecular formula is C16H15ClN4O5S. The van der Waals surface area contributed by atoms with Crippen molar-refractivity contribution in [3.05, 3.63) is 44.7 Å². The fraction of sp³-hybridized carbons (Fsp3) is 0.250. The van der Waals surface area contributed by atoms with Crippen LogP contribution in [0.25, 0.3) is 0 Å². The quantitative estimate of drug-likeness (QED) is 0.570. The standard InChI is InChI=1S/C16H15ClN4O5S/c1-3-6-21-15(22)11(8-18)9(2)14(16(21)23)20-19-13-7-10(27(24,25)26)4-5-12(13)17/h4-5,7,22H,3,6H2,1-2H3,(H,24,25,26). The van der Waals surface area contributed by atoms with E-state index in [1.807, 2.05) is 6.07 Å². The maximum atomic E-state index is 12.6. The third-order valence-electron chi connectivity index (χ3n) is 3.69. The Morgan fingerprint density at radius 1 is 1.33 bits per heavy atom. The Morgan fingerprint density at radius 3 is 2.56 bits per heavy atom. The summed E-state index contributed by atoms with van der Waals surface area (Å²) in [5, 5.41) is 27.0. The van der Waals surface area contributed by atoms with Gasteiger partial charge < -0.3 is 5.11 Å². The first-order chi connectivity index (χ1) is 12.6. The molecule has 0 amide bonds. The number of nitrogens with zero attached hydrogens (tertiary/aromatic N) is 4. The van der Waals surface area contributed by atoms with E-state index in [9.17, 15) is 23.6 Å². The van der Waals surface area contributed by atoms with Crippen molar-refractivity contribution in [1.82, 2.24) is 4.57 Å². The van der Waals surface area contributed by atoms with Gasteiger partial charge in [-0.2, -0.15) is 13.7 Å². The molecule has 0 radical (unpaired) electrons. The van der Waals surface area contributed by atoms with E-state index in [-0.39, 0.29) is 34.1 Å². The van der Waals surface area contributed by atoms with Gasteiger partial charge >= 0.3 is 0 Å². The zero-order valence-corrected chi connectivity index (χ0v) is 15.9. The summed E-state index contributed by atoms with van der Waals surface area (Å²) in [5.74, 6) is -0.452. The minimum Gasteiger partial charge on any atom is -0.493 e. The largest absolute Gasteiger partial charge is 0.493 e. The van der Waals surface area contributed by atoms with Gasteiger partial charge in [0, 0.05) is 12.1 Å². The van der Waals surface area contributed by atoms with Crippen LogP contribution in [0.1, 0.15) is 24.5 Å². The van der Waals surface area contributed by atoms with Crippen molar-refractivity contribution in [2.45, 2.75) is 31.7 Å². The smallest absolute Gasteiger partial charge is 0.294 e. The number of halogens is 1. The molecule has 1 aromatic heterocycles. The lowest BCUT2D eigenvalue weighted by atomic mass is 10.1. The van der Waals surface area contributed by atoms with Crippen molar-refractivity contribution in [3.63, 3.8) is 0 Å². The zero-order chi connectivity index (χ0) is 20.4. The maximum absolute atomic E-state index is 12.6. The Labute approximate surface area is 159 Å². The van der Waals surface area contributed by atoms with Crippen molar-refractivity contribution in [3.8, 4) is 11.9 Å². The summed E-state index contributed by atoms with van der Waals surface area (Å²) in [5.41, 5.74) is -0.935. The minimum atomic E-state index is -4.47.